The SMILES string of the molecule is CC(=O)OC1CC[C@@]2(C)CC[C@@H]3[C@@H](C(=O)CC4=CC(=O)CC[C@@]43C)[C@H]12. The predicted molar refractivity (Wildman–Crippen MR) is 92.7 cm³/mol. The lowest BCUT2D eigenvalue weighted by Gasteiger charge is -2.56. The number of carbonyl (C=O) groups excluding carboxylic acids is 3. The molecule has 0 aromatic heterocycles. The first-order chi connectivity index (χ1) is 11.7. The summed E-state index contributed by atoms with van der Waals surface area (Å²) in [6.45, 7) is 6.00. The fraction of sp³-hybridized carbons (Fsp3) is 0.762. The monoisotopic (exact) mass is 344 g/mol. The van der Waals surface area contributed by atoms with Gasteiger partial charge in [-0.2, -0.15) is 0 Å². The summed E-state index contributed by atoms with van der Waals surface area (Å²) in [5, 5.41) is 0. The Kier molecular flexibility index (Phi) is 3.75. The van der Waals surface area contributed by atoms with Crippen LogP contribution in [0.25, 0.3) is 0 Å². The lowest BCUT2D eigenvalue weighted by Crippen LogP contribution is -2.55. The molecule has 0 amide bonds. The Balaban J connectivity index is 1.74. The molecule has 0 aliphatic heterocycles. The van der Waals surface area contributed by atoms with E-state index in [2.05, 4.69) is 13.8 Å². The Bertz CT molecular complexity index is 677. The molecule has 25 heavy (non-hydrogen) atoms. The third-order valence-electron chi connectivity index (χ3n) is 7.88. The van der Waals surface area contributed by atoms with Gasteiger partial charge in [-0.1, -0.05) is 19.4 Å². The maximum absolute atomic E-state index is 13.2. The van der Waals surface area contributed by atoms with Crippen LogP contribution < -0.4 is 0 Å². The molecule has 0 bridgehead atoms. The van der Waals surface area contributed by atoms with Crippen molar-refractivity contribution in [3.63, 3.8) is 0 Å². The first-order valence-corrected chi connectivity index (χ1v) is 9.68. The number of esters is 1. The van der Waals surface area contributed by atoms with Gasteiger partial charge in [0, 0.05) is 31.6 Å². The number of carbonyl (C=O) groups is 3. The van der Waals surface area contributed by atoms with Gasteiger partial charge in [0.25, 0.3) is 0 Å². The number of rotatable bonds is 1. The van der Waals surface area contributed by atoms with E-state index in [0.29, 0.717) is 12.8 Å². The number of hydrogen-bond donors (Lipinski definition) is 0. The summed E-state index contributed by atoms with van der Waals surface area (Å²) >= 11 is 0. The Labute approximate surface area is 149 Å². The number of ether oxygens (including phenoxy) is 1. The quantitative estimate of drug-likeness (QED) is 0.682. The molecule has 0 radical (unpaired) electrons. The molecule has 4 rings (SSSR count). The minimum atomic E-state index is -0.241. The van der Waals surface area contributed by atoms with E-state index in [1.807, 2.05) is 0 Å². The normalized spacial score (nSPS) is 46.0. The molecule has 0 aromatic rings. The van der Waals surface area contributed by atoms with Crippen LogP contribution in [-0.2, 0) is 19.1 Å². The fourth-order valence-electron chi connectivity index (χ4n) is 6.58. The standard InChI is InChI=1S/C21H28O4/c1-12(22)25-17-6-8-20(2)7-5-15-18(19(17)20)16(24)11-13-10-14(23)4-9-21(13,15)3/h10,15,17-19H,4-9,11H2,1-3H3/t15-,17?,18+,19+,20-,21+/m1/s1. The predicted octanol–water partition coefficient (Wildman–Crippen LogP) is 3.63. The summed E-state index contributed by atoms with van der Waals surface area (Å²) in [4.78, 5) is 36.6. The Morgan fingerprint density at radius 3 is 2.60 bits per heavy atom. The maximum atomic E-state index is 13.2. The topological polar surface area (TPSA) is 60.4 Å². The summed E-state index contributed by atoms with van der Waals surface area (Å²) in [7, 11) is 0. The first-order valence-electron chi connectivity index (χ1n) is 9.68. The molecule has 0 heterocycles. The summed E-state index contributed by atoms with van der Waals surface area (Å²) in [6.07, 6.45) is 7.50. The van der Waals surface area contributed by atoms with E-state index in [1.54, 1.807) is 6.08 Å². The molecule has 4 heteroatoms. The molecule has 136 valence electrons. The van der Waals surface area contributed by atoms with E-state index in [0.717, 1.165) is 37.7 Å². The van der Waals surface area contributed by atoms with Crippen LogP contribution in [0, 0.1) is 28.6 Å². The molecular formula is C21H28O4. The van der Waals surface area contributed by atoms with Crippen LogP contribution in [-0.4, -0.2) is 23.6 Å². The molecule has 0 spiro atoms. The number of hydrogen-bond acceptors (Lipinski definition) is 4. The van der Waals surface area contributed by atoms with Crippen molar-refractivity contribution in [2.75, 3.05) is 0 Å². The maximum Gasteiger partial charge on any atom is 0.302 e. The number of Topliss-reactive ketones (excluding diaryl/α,β-unsaturated/α-hetero) is 1. The lowest BCUT2D eigenvalue weighted by atomic mass is 9.47. The molecule has 4 aliphatic rings. The number of allylic oxidation sites excluding steroid dienone is 1. The highest BCUT2D eigenvalue weighted by Crippen LogP contribution is 2.64. The molecule has 6 atom stereocenters. The van der Waals surface area contributed by atoms with Gasteiger partial charge in [0.15, 0.2) is 5.78 Å². The molecule has 1 unspecified atom stereocenters. The van der Waals surface area contributed by atoms with Crippen molar-refractivity contribution in [2.24, 2.45) is 28.6 Å². The highest BCUT2D eigenvalue weighted by Gasteiger charge is 2.62. The zero-order valence-electron chi connectivity index (χ0n) is 15.5. The van der Waals surface area contributed by atoms with Crippen LogP contribution in [0.3, 0.4) is 0 Å². The van der Waals surface area contributed by atoms with E-state index in [9.17, 15) is 14.4 Å². The van der Waals surface area contributed by atoms with Gasteiger partial charge in [-0.05, 0) is 54.9 Å². The van der Waals surface area contributed by atoms with Gasteiger partial charge in [-0.25, -0.2) is 0 Å². The van der Waals surface area contributed by atoms with Crippen LogP contribution in [0.1, 0.15) is 65.7 Å². The second-order valence-corrected chi connectivity index (χ2v) is 9.23. The summed E-state index contributed by atoms with van der Waals surface area (Å²) in [6, 6.07) is 0. The lowest BCUT2D eigenvalue weighted by molar-refractivity contribution is -0.160. The van der Waals surface area contributed by atoms with E-state index in [4.69, 9.17) is 4.74 Å². The van der Waals surface area contributed by atoms with Crippen LogP contribution in [0.4, 0.5) is 0 Å². The van der Waals surface area contributed by atoms with Gasteiger partial charge < -0.3 is 4.74 Å². The van der Waals surface area contributed by atoms with Gasteiger partial charge in [-0.3, -0.25) is 14.4 Å². The van der Waals surface area contributed by atoms with E-state index in [-0.39, 0.29) is 52.2 Å². The summed E-state index contributed by atoms with van der Waals surface area (Å²) in [5.74, 6) is 0.577. The summed E-state index contributed by atoms with van der Waals surface area (Å²) < 4.78 is 5.67. The van der Waals surface area contributed by atoms with E-state index in [1.165, 1.54) is 6.92 Å². The third-order valence-corrected chi connectivity index (χ3v) is 7.88. The molecule has 3 saturated carbocycles. The highest BCUT2D eigenvalue weighted by molar-refractivity contribution is 5.95. The van der Waals surface area contributed by atoms with Crippen molar-refractivity contribution in [3.8, 4) is 0 Å². The number of fused-ring (bicyclic) bond motifs is 5. The molecule has 0 saturated heterocycles. The smallest absolute Gasteiger partial charge is 0.302 e. The van der Waals surface area contributed by atoms with Gasteiger partial charge >= 0.3 is 5.97 Å². The Morgan fingerprint density at radius 1 is 1.16 bits per heavy atom. The molecule has 0 N–H and O–H groups in total. The van der Waals surface area contributed by atoms with Crippen molar-refractivity contribution in [3.05, 3.63) is 11.6 Å². The Hall–Kier alpha value is -1.45. The summed E-state index contributed by atoms with van der Waals surface area (Å²) in [5.41, 5.74) is 1.11. The van der Waals surface area contributed by atoms with E-state index < -0.39 is 0 Å². The molecule has 4 aliphatic carbocycles. The first kappa shape index (κ1) is 17.0. The van der Waals surface area contributed by atoms with Crippen LogP contribution in [0.5, 0.6) is 0 Å². The van der Waals surface area contributed by atoms with Crippen molar-refractivity contribution in [2.45, 2.75) is 71.8 Å². The van der Waals surface area contributed by atoms with Crippen molar-refractivity contribution in [1.82, 2.24) is 0 Å². The highest BCUT2D eigenvalue weighted by atomic mass is 16.5. The van der Waals surface area contributed by atoms with E-state index >= 15 is 0 Å². The molecule has 0 aromatic carbocycles. The average molecular weight is 344 g/mol. The molecular weight excluding hydrogens is 316 g/mol. The largest absolute Gasteiger partial charge is 0.462 e. The van der Waals surface area contributed by atoms with Crippen LogP contribution in [0.2, 0.25) is 0 Å². The zero-order chi connectivity index (χ0) is 18.0. The van der Waals surface area contributed by atoms with Gasteiger partial charge in [0.2, 0.25) is 0 Å². The fourth-order valence-corrected chi connectivity index (χ4v) is 6.58. The van der Waals surface area contributed by atoms with Crippen molar-refractivity contribution < 1.29 is 19.1 Å². The Morgan fingerprint density at radius 2 is 1.88 bits per heavy atom. The number of ketones is 2. The minimum absolute atomic E-state index is 0.0269. The van der Waals surface area contributed by atoms with Crippen LogP contribution >= 0.6 is 0 Å². The third kappa shape index (κ3) is 2.43. The second kappa shape index (κ2) is 5.52. The second-order valence-electron chi connectivity index (χ2n) is 9.23. The van der Waals surface area contributed by atoms with Gasteiger partial charge in [0.1, 0.15) is 11.9 Å². The molecule has 4 nitrogen and oxygen atoms in total. The molecule has 3 fully saturated rings. The zero-order valence-corrected chi connectivity index (χ0v) is 15.5. The minimum Gasteiger partial charge on any atom is -0.462 e. The van der Waals surface area contributed by atoms with Crippen molar-refractivity contribution in [1.29, 1.82) is 0 Å². The van der Waals surface area contributed by atoms with Crippen LogP contribution in [0.15, 0.2) is 11.6 Å². The van der Waals surface area contributed by atoms with Crippen molar-refractivity contribution >= 4 is 17.5 Å². The van der Waals surface area contributed by atoms with Gasteiger partial charge in [-0.15, -0.1) is 0 Å². The average Bonchev–Trinajstić information content (AvgIpc) is 2.85. The van der Waals surface area contributed by atoms with Gasteiger partial charge in [0.05, 0.1) is 0 Å².